The number of fused-ring (bicyclic) bond motifs is 1. The first-order valence-electron chi connectivity index (χ1n) is 6.25. The standard InChI is InChI=1S/C17H11ClO2/c1-10-15(11-6-8-12(18)9-7-11)17(20)14-5-3-2-4-13(14)16(10)19/h2-9H,1H3. The van der Waals surface area contributed by atoms with E-state index >= 15 is 0 Å². The fourth-order valence-electron chi connectivity index (χ4n) is 2.46. The summed E-state index contributed by atoms with van der Waals surface area (Å²) in [6, 6.07) is 13.9. The summed E-state index contributed by atoms with van der Waals surface area (Å²) in [7, 11) is 0. The van der Waals surface area contributed by atoms with Crippen molar-refractivity contribution in [1.82, 2.24) is 0 Å². The van der Waals surface area contributed by atoms with Crippen molar-refractivity contribution in [3.8, 4) is 0 Å². The molecule has 0 saturated heterocycles. The quantitative estimate of drug-likeness (QED) is 0.786. The van der Waals surface area contributed by atoms with Crippen LogP contribution in [-0.4, -0.2) is 11.6 Å². The number of benzene rings is 2. The molecule has 0 aromatic heterocycles. The summed E-state index contributed by atoms with van der Waals surface area (Å²) in [6.07, 6.45) is 0. The Balaban J connectivity index is 2.21. The van der Waals surface area contributed by atoms with Gasteiger partial charge in [-0.1, -0.05) is 48.0 Å². The van der Waals surface area contributed by atoms with Crippen LogP contribution in [0.2, 0.25) is 5.02 Å². The highest BCUT2D eigenvalue weighted by molar-refractivity contribution is 6.40. The summed E-state index contributed by atoms with van der Waals surface area (Å²) in [5, 5.41) is 0.599. The highest BCUT2D eigenvalue weighted by Gasteiger charge is 2.30. The van der Waals surface area contributed by atoms with Crippen molar-refractivity contribution in [3.63, 3.8) is 0 Å². The molecular weight excluding hydrogens is 272 g/mol. The Hall–Kier alpha value is -2.19. The molecule has 0 unspecified atom stereocenters. The smallest absolute Gasteiger partial charge is 0.194 e. The van der Waals surface area contributed by atoms with Crippen molar-refractivity contribution in [1.29, 1.82) is 0 Å². The van der Waals surface area contributed by atoms with E-state index in [0.717, 1.165) is 5.56 Å². The first-order valence-corrected chi connectivity index (χ1v) is 6.62. The number of allylic oxidation sites excluding steroid dienone is 2. The SMILES string of the molecule is CC1=C(c2ccc(Cl)cc2)C(=O)c2ccccc2C1=O. The summed E-state index contributed by atoms with van der Waals surface area (Å²) in [4.78, 5) is 25.0. The minimum Gasteiger partial charge on any atom is -0.289 e. The molecule has 0 saturated carbocycles. The number of Topliss-reactive ketones (excluding diaryl/α,β-unsaturated/α-hetero) is 2. The monoisotopic (exact) mass is 282 g/mol. The van der Waals surface area contributed by atoms with Crippen LogP contribution in [0.1, 0.15) is 33.2 Å². The number of carbonyl (C=O) groups excluding carboxylic acids is 2. The van der Waals surface area contributed by atoms with E-state index in [1.165, 1.54) is 0 Å². The maximum atomic E-state index is 12.6. The molecule has 20 heavy (non-hydrogen) atoms. The summed E-state index contributed by atoms with van der Waals surface area (Å²) >= 11 is 5.87. The maximum absolute atomic E-state index is 12.6. The Morgan fingerprint density at radius 3 is 1.95 bits per heavy atom. The largest absolute Gasteiger partial charge is 0.289 e. The van der Waals surface area contributed by atoms with Gasteiger partial charge in [-0.15, -0.1) is 0 Å². The molecule has 2 aromatic rings. The molecule has 0 fully saturated rings. The van der Waals surface area contributed by atoms with E-state index in [2.05, 4.69) is 0 Å². The molecule has 1 aliphatic carbocycles. The highest BCUT2D eigenvalue weighted by Crippen LogP contribution is 2.32. The second-order valence-corrected chi connectivity index (χ2v) is 5.15. The van der Waals surface area contributed by atoms with Crippen molar-refractivity contribution in [3.05, 3.63) is 75.8 Å². The third-order valence-corrected chi connectivity index (χ3v) is 3.74. The molecule has 0 radical (unpaired) electrons. The van der Waals surface area contributed by atoms with E-state index in [4.69, 9.17) is 11.6 Å². The van der Waals surface area contributed by atoms with Gasteiger partial charge in [0, 0.05) is 27.3 Å². The molecule has 0 aliphatic heterocycles. The van der Waals surface area contributed by atoms with Gasteiger partial charge in [0.1, 0.15) is 0 Å². The van der Waals surface area contributed by atoms with Gasteiger partial charge in [-0.25, -0.2) is 0 Å². The summed E-state index contributed by atoms with van der Waals surface area (Å²) in [5.74, 6) is -0.204. The lowest BCUT2D eigenvalue weighted by Gasteiger charge is -2.19. The minimum atomic E-state index is -0.111. The number of rotatable bonds is 1. The van der Waals surface area contributed by atoms with Gasteiger partial charge in [0.25, 0.3) is 0 Å². The van der Waals surface area contributed by atoms with Crippen LogP contribution in [0.4, 0.5) is 0 Å². The van der Waals surface area contributed by atoms with Crippen molar-refractivity contribution in [2.45, 2.75) is 6.92 Å². The lowest BCUT2D eigenvalue weighted by Crippen LogP contribution is -2.19. The van der Waals surface area contributed by atoms with E-state index in [-0.39, 0.29) is 11.6 Å². The molecule has 3 heteroatoms. The Kier molecular flexibility index (Phi) is 3.03. The first kappa shape index (κ1) is 12.8. The molecular formula is C17H11ClO2. The van der Waals surface area contributed by atoms with Crippen LogP contribution < -0.4 is 0 Å². The van der Waals surface area contributed by atoms with Crippen LogP contribution in [0.5, 0.6) is 0 Å². The normalized spacial score (nSPS) is 14.5. The first-order chi connectivity index (χ1) is 9.59. The van der Waals surface area contributed by atoms with Gasteiger partial charge in [-0.3, -0.25) is 9.59 Å². The molecule has 1 aliphatic rings. The average Bonchev–Trinajstić information content (AvgIpc) is 2.47. The molecule has 2 nitrogen and oxygen atoms in total. The fraction of sp³-hybridized carbons (Fsp3) is 0.0588. The van der Waals surface area contributed by atoms with Crippen LogP contribution >= 0.6 is 11.6 Å². The summed E-state index contributed by atoms with van der Waals surface area (Å²) in [5.41, 5.74) is 2.61. The van der Waals surface area contributed by atoms with Crippen molar-refractivity contribution in [2.24, 2.45) is 0 Å². The zero-order valence-corrected chi connectivity index (χ0v) is 11.6. The highest BCUT2D eigenvalue weighted by atomic mass is 35.5. The van der Waals surface area contributed by atoms with Crippen LogP contribution in [0.25, 0.3) is 5.57 Å². The zero-order chi connectivity index (χ0) is 14.3. The Labute approximate surface area is 121 Å². The van der Waals surface area contributed by atoms with Crippen LogP contribution in [0.3, 0.4) is 0 Å². The lowest BCUT2D eigenvalue weighted by atomic mass is 9.82. The third kappa shape index (κ3) is 1.89. The van der Waals surface area contributed by atoms with Gasteiger partial charge in [-0.05, 0) is 24.6 Å². The van der Waals surface area contributed by atoms with Crippen molar-refractivity contribution >= 4 is 28.7 Å². The zero-order valence-electron chi connectivity index (χ0n) is 10.8. The lowest BCUT2D eigenvalue weighted by molar-refractivity contribution is 0.0992. The van der Waals surface area contributed by atoms with E-state index in [9.17, 15) is 9.59 Å². The van der Waals surface area contributed by atoms with Crippen molar-refractivity contribution in [2.75, 3.05) is 0 Å². The predicted molar refractivity (Wildman–Crippen MR) is 79.1 cm³/mol. The van der Waals surface area contributed by atoms with E-state index in [1.54, 1.807) is 55.5 Å². The Morgan fingerprint density at radius 2 is 1.35 bits per heavy atom. The maximum Gasteiger partial charge on any atom is 0.194 e. The van der Waals surface area contributed by atoms with E-state index in [0.29, 0.717) is 27.3 Å². The van der Waals surface area contributed by atoms with E-state index in [1.807, 2.05) is 0 Å². The van der Waals surface area contributed by atoms with Gasteiger partial charge >= 0.3 is 0 Å². The average molecular weight is 283 g/mol. The fourth-order valence-corrected chi connectivity index (χ4v) is 2.59. The molecule has 98 valence electrons. The summed E-state index contributed by atoms with van der Waals surface area (Å²) < 4.78 is 0. The number of hydrogen-bond donors (Lipinski definition) is 0. The Morgan fingerprint density at radius 1 is 0.800 bits per heavy atom. The molecule has 0 amide bonds. The van der Waals surface area contributed by atoms with Gasteiger partial charge in [-0.2, -0.15) is 0 Å². The second-order valence-electron chi connectivity index (χ2n) is 4.71. The van der Waals surface area contributed by atoms with Gasteiger partial charge in [0.15, 0.2) is 11.6 Å². The van der Waals surface area contributed by atoms with Crippen LogP contribution in [0, 0.1) is 0 Å². The molecule has 0 bridgehead atoms. The van der Waals surface area contributed by atoms with Gasteiger partial charge < -0.3 is 0 Å². The van der Waals surface area contributed by atoms with E-state index < -0.39 is 0 Å². The summed E-state index contributed by atoms with van der Waals surface area (Å²) in [6.45, 7) is 1.69. The number of ketones is 2. The Bertz CT molecular complexity index is 755. The number of hydrogen-bond acceptors (Lipinski definition) is 2. The number of halogens is 1. The molecule has 2 aromatic carbocycles. The van der Waals surface area contributed by atoms with Crippen LogP contribution in [0.15, 0.2) is 54.1 Å². The number of carbonyl (C=O) groups is 2. The topological polar surface area (TPSA) is 34.1 Å². The van der Waals surface area contributed by atoms with Gasteiger partial charge in [0.2, 0.25) is 0 Å². The van der Waals surface area contributed by atoms with Crippen LogP contribution in [-0.2, 0) is 0 Å². The van der Waals surface area contributed by atoms with Crippen molar-refractivity contribution < 1.29 is 9.59 Å². The third-order valence-electron chi connectivity index (χ3n) is 3.49. The molecule has 0 N–H and O–H groups in total. The molecule has 0 heterocycles. The minimum absolute atomic E-state index is 0.0925. The van der Waals surface area contributed by atoms with Gasteiger partial charge in [0.05, 0.1) is 0 Å². The predicted octanol–water partition coefficient (Wildman–Crippen LogP) is 4.19. The second kappa shape index (κ2) is 4.73. The molecule has 0 spiro atoms. The molecule has 3 rings (SSSR count). The molecule has 0 atom stereocenters.